The Labute approximate surface area is 130 Å². The summed E-state index contributed by atoms with van der Waals surface area (Å²) in [6, 6.07) is 2.08. The van der Waals surface area contributed by atoms with Crippen molar-refractivity contribution in [2.24, 2.45) is 11.8 Å². The van der Waals surface area contributed by atoms with Crippen LogP contribution < -0.4 is 9.80 Å². The summed E-state index contributed by atoms with van der Waals surface area (Å²) in [5.41, 5.74) is 2.05. The van der Waals surface area contributed by atoms with Crippen molar-refractivity contribution in [3.8, 4) is 0 Å². The normalized spacial score (nSPS) is 23.9. The predicted octanol–water partition coefficient (Wildman–Crippen LogP) is 1.46. The molecule has 22 heavy (non-hydrogen) atoms. The van der Waals surface area contributed by atoms with E-state index in [9.17, 15) is 0 Å². The minimum atomic E-state index is 0.677. The van der Waals surface area contributed by atoms with Gasteiger partial charge in [0, 0.05) is 62.2 Å². The van der Waals surface area contributed by atoms with E-state index in [1.165, 1.54) is 0 Å². The van der Waals surface area contributed by atoms with Gasteiger partial charge in [-0.25, -0.2) is 15.0 Å². The van der Waals surface area contributed by atoms with Crippen molar-refractivity contribution < 1.29 is 0 Å². The van der Waals surface area contributed by atoms with Gasteiger partial charge in [-0.1, -0.05) is 0 Å². The zero-order valence-corrected chi connectivity index (χ0v) is 13.0. The molecule has 0 aliphatic carbocycles. The Morgan fingerprint density at radius 1 is 0.864 bits per heavy atom. The molecular formula is C16H20N6. The molecule has 2 aliphatic rings. The Morgan fingerprint density at radius 3 is 2.23 bits per heavy atom. The van der Waals surface area contributed by atoms with E-state index in [1.807, 2.05) is 13.8 Å². The summed E-state index contributed by atoms with van der Waals surface area (Å²) in [6.07, 6.45) is 5.20. The van der Waals surface area contributed by atoms with E-state index in [4.69, 9.17) is 0 Å². The van der Waals surface area contributed by atoms with Crippen molar-refractivity contribution in [1.82, 2.24) is 19.9 Å². The molecule has 0 saturated carbocycles. The minimum absolute atomic E-state index is 0.677. The van der Waals surface area contributed by atoms with Crippen LogP contribution in [0.3, 0.4) is 0 Å². The highest BCUT2D eigenvalue weighted by Crippen LogP contribution is 2.35. The Bertz CT molecular complexity index is 674. The maximum atomic E-state index is 4.51. The van der Waals surface area contributed by atoms with Crippen molar-refractivity contribution in [3.63, 3.8) is 0 Å². The molecule has 2 aliphatic heterocycles. The van der Waals surface area contributed by atoms with Crippen LogP contribution in [0.25, 0.3) is 0 Å². The van der Waals surface area contributed by atoms with Crippen molar-refractivity contribution in [1.29, 1.82) is 0 Å². The molecule has 0 spiro atoms. The highest BCUT2D eigenvalue weighted by molar-refractivity contribution is 5.46. The van der Waals surface area contributed by atoms with Crippen LogP contribution in [0.2, 0.25) is 0 Å². The van der Waals surface area contributed by atoms with E-state index in [-0.39, 0.29) is 0 Å². The van der Waals surface area contributed by atoms with Crippen LogP contribution in [0, 0.1) is 25.7 Å². The molecule has 2 aromatic heterocycles. The topological polar surface area (TPSA) is 58.0 Å². The Kier molecular flexibility index (Phi) is 3.17. The molecule has 6 nitrogen and oxygen atoms in total. The van der Waals surface area contributed by atoms with Gasteiger partial charge >= 0.3 is 0 Å². The lowest BCUT2D eigenvalue weighted by molar-refractivity contribution is 0.533. The number of rotatable bonds is 2. The van der Waals surface area contributed by atoms with Crippen LogP contribution in [0.5, 0.6) is 0 Å². The van der Waals surface area contributed by atoms with E-state index in [0.717, 1.165) is 49.2 Å². The van der Waals surface area contributed by atoms with Crippen LogP contribution in [0.4, 0.5) is 11.6 Å². The second-order valence-corrected chi connectivity index (χ2v) is 6.31. The van der Waals surface area contributed by atoms with E-state index in [0.29, 0.717) is 11.8 Å². The first-order chi connectivity index (χ1) is 10.7. The molecule has 6 heteroatoms. The fraction of sp³-hybridized carbons (Fsp3) is 0.500. The third kappa shape index (κ3) is 2.28. The molecule has 0 bridgehead atoms. The van der Waals surface area contributed by atoms with Crippen molar-refractivity contribution in [2.75, 3.05) is 36.0 Å². The van der Waals surface area contributed by atoms with Gasteiger partial charge in [0.15, 0.2) is 0 Å². The summed E-state index contributed by atoms with van der Waals surface area (Å²) in [4.78, 5) is 22.2. The maximum absolute atomic E-state index is 4.51. The Morgan fingerprint density at radius 2 is 1.55 bits per heavy atom. The predicted molar refractivity (Wildman–Crippen MR) is 84.9 cm³/mol. The molecular weight excluding hydrogens is 276 g/mol. The molecule has 2 unspecified atom stereocenters. The first-order valence-electron chi connectivity index (χ1n) is 7.77. The third-order valence-electron chi connectivity index (χ3n) is 4.75. The van der Waals surface area contributed by atoms with E-state index < -0.39 is 0 Å². The van der Waals surface area contributed by atoms with Gasteiger partial charge < -0.3 is 9.80 Å². The van der Waals surface area contributed by atoms with Gasteiger partial charge in [0.2, 0.25) is 0 Å². The molecule has 2 aromatic rings. The van der Waals surface area contributed by atoms with E-state index >= 15 is 0 Å². The van der Waals surface area contributed by atoms with Gasteiger partial charge in [0.1, 0.15) is 18.0 Å². The molecule has 2 fully saturated rings. The fourth-order valence-corrected chi connectivity index (χ4v) is 3.68. The van der Waals surface area contributed by atoms with Crippen LogP contribution in [0.15, 0.2) is 24.8 Å². The lowest BCUT2D eigenvalue weighted by Gasteiger charge is -2.23. The molecule has 0 radical (unpaired) electrons. The standard InChI is InChI=1S/C16H20N6/c1-11-5-15(20-10-19-11)21-6-13-8-22(9-14(13)7-21)16-12(2)17-3-4-18-16/h3-5,10,13-14H,6-9H2,1-2H3. The van der Waals surface area contributed by atoms with Crippen molar-refractivity contribution >= 4 is 11.6 Å². The lowest BCUT2D eigenvalue weighted by Crippen LogP contribution is -2.30. The van der Waals surface area contributed by atoms with E-state index in [1.54, 1.807) is 18.7 Å². The number of aromatic nitrogens is 4. The van der Waals surface area contributed by atoms with Crippen molar-refractivity contribution in [3.05, 3.63) is 36.2 Å². The largest absolute Gasteiger partial charge is 0.356 e. The second kappa shape index (κ2) is 5.19. The highest BCUT2D eigenvalue weighted by atomic mass is 15.3. The van der Waals surface area contributed by atoms with E-state index in [2.05, 4.69) is 35.8 Å². The van der Waals surface area contributed by atoms with Crippen molar-refractivity contribution in [2.45, 2.75) is 13.8 Å². The summed E-state index contributed by atoms with van der Waals surface area (Å²) in [7, 11) is 0. The van der Waals surface area contributed by atoms with Crippen LogP contribution >= 0.6 is 0 Å². The second-order valence-electron chi connectivity index (χ2n) is 6.31. The summed E-state index contributed by atoms with van der Waals surface area (Å²) < 4.78 is 0. The van der Waals surface area contributed by atoms with Crippen LogP contribution in [-0.2, 0) is 0 Å². The third-order valence-corrected chi connectivity index (χ3v) is 4.75. The molecule has 0 N–H and O–H groups in total. The first kappa shape index (κ1) is 13.4. The number of fused-ring (bicyclic) bond motifs is 1. The highest BCUT2D eigenvalue weighted by Gasteiger charge is 2.41. The van der Waals surface area contributed by atoms with Crippen LogP contribution in [0.1, 0.15) is 11.4 Å². The first-order valence-corrected chi connectivity index (χ1v) is 7.77. The van der Waals surface area contributed by atoms with Crippen LogP contribution in [-0.4, -0.2) is 46.1 Å². The van der Waals surface area contributed by atoms with Gasteiger partial charge in [-0.15, -0.1) is 0 Å². The summed E-state index contributed by atoms with van der Waals surface area (Å²) in [5.74, 6) is 3.46. The van der Waals surface area contributed by atoms with Gasteiger partial charge in [-0.2, -0.15) is 0 Å². The molecule has 4 rings (SSSR count). The van der Waals surface area contributed by atoms with Gasteiger partial charge in [-0.3, -0.25) is 4.98 Å². The van der Waals surface area contributed by atoms with Gasteiger partial charge in [0.25, 0.3) is 0 Å². The van der Waals surface area contributed by atoms with Gasteiger partial charge in [-0.05, 0) is 13.8 Å². The zero-order chi connectivity index (χ0) is 15.1. The number of hydrogen-bond donors (Lipinski definition) is 0. The fourth-order valence-electron chi connectivity index (χ4n) is 3.68. The number of aryl methyl sites for hydroxylation is 2. The number of anilines is 2. The average Bonchev–Trinajstić information content (AvgIpc) is 3.06. The smallest absolute Gasteiger partial charge is 0.150 e. The summed E-state index contributed by atoms with van der Waals surface area (Å²) in [5, 5.41) is 0. The monoisotopic (exact) mass is 296 g/mol. The number of nitrogens with zero attached hydrogens (tertiary/aromatic N) is 6. The summed E-state index contributed by atoms with van der Waals surface area (Å²) in [6.45, 7) is 8.30. The van der Waals surface area contributed by atoms with Gasteiger partial charge in [0.05, 0.1) is 5.69 Å². The number of hydrogen-bond acceptors (Lipinski definition) is 6. The Balaban J connectivity index is 1.48. The summed E-state index contributed by atoms with van der Waals surface area (Å²) >= 11 is 0. The quantitative estimate of drug-likeness (QED) is 0.836. The average molecular weight is 296 g/mol. The molecule has 2 saturated heterocycles. The minimum Gasteiger partial charge on any atom is -0.356 e. The lowest BCUT2D eigenvalue weighted by atomic mass is 10.0. The SMILES string of the molecule is Cc1cc(N2CC3CN(c4nccnc4C)CC3C2)ncn1. The molecule has 4 heterocycles. The molecule has 114 valence electrons. The zero-order valence-electron chi connectivity index (χ0n) is 13.0. The molecule has 0 amide bonds. The maximum Gasteiger partial charge on any atom is 0.150 e. The Hall–Kier alpha value is -2.24. The molecule has 2 atom stereocenters. The molecule has 0 aromatic carbocycles.